The van der Waals surface area contributed by atoms with Gasteiger partial charge in [-0.25, -0.2) is 32.2 Å². The van der Waals surface area contributed by atoms with Gasteiger partial charge in [0.1, 0.15) is 5.69 Å². The number of aromatic nitrogens is 4. The molecule has 1 aliphatic heterocycles. The van der Waals surface area contributed by atoms with Crippen molar-refractivity contribution in [1.82, 2.24) is 25.0 Å². The van der Waals surface area contributed by atoms with Crippen molar-refractivity contribution in [2.24, 2.45) is 0 Å². The third-order valence-electron chi connectivity index (χ3n) is 4.73. The summed E-state index contributed by atoms with van der Waals surface area (Å²) in [4.78, 5) is 24.9. The molecule has 1 saturated heterocycles. The maximum absolute atomic E-state index is 14.3. The van der Waals surface area contributed by atoms with Gasteiger partial charge in [-0.15, -0.1) is 0 Å². The lowest BCUT2D eigenvalue weighted by molar-refractivity contribution is -0.179. The molecule has 3 aromatic rings. The molecule has 1 aliphatic rings. The Bertz CT molecular complexity index is 1300. The van der Waals surface area contributed by atoms with Gasteiger partial charge in [0.05, 0.1) is 23.6 Å². The summed E-state index contributed by atoms with van der Waals surface area (Å²) in [5.74, 6) is -5.71. The van der Waals surface area contributed by atoms with Crippen molar-refractivity contribution in [3.05, 3.63) is 42.3 Å². The van der Waals surface area contributed by atoms with Crippen molar-refractivity contribution < 1.29 is 31.6 Å². The molecule has 0 radical (unpaired) electrons. The fourth-order valence-electron chi connectivity index (χ4n) is 3.15. The number of hydrogen-bond acceptors (Lipinski definition) is 9. The number of aliphatic hydroxyl groups is 1. The van der Waals surface area contributed by atoms with Gasteiger partial charge in [-0.05, 0) is 18.2 Å². The smallest absolute Gasteiger partial charge is 0.309 e. The summed E-state index contributed by atoms with van der Waals surface area (Å²) >= 11 is 0. The Morgan fingerprint density at radius 1 is 1.13 bits per heavy atom. The lowest BCUT2D eigenvalue weighted by Crippen LogP contribution is -2.46. The Labute approximate surface area is 174 Å². The third-order valence-corrected chi connectivity index (χ3v) is 5.59. The van der Waals surface area contributed by atoms with Gasteiger partial charge >= 0.3 is 5.92 Å². The van der Waals surface area contributed by atoms with E-state index in [1.165, 1.54) is 18.3 Å². The molecule has 4 rings (SSSR count). The summed E-state index contributed by atoms with van der Waals surface area (Å²) in [5, 5.41) is 13.7. The van der Waals surface area contributed by atoms with E-state index in [-0.39, 0.29) is 27.9 Å². The minimum atomic E-state index is -3.78. The highest BCUT2D eigenvalue weighted by Crippen LogP contribution is 2.45. The molecule has 0 aromatic carbocycles. The number of pyridine rings is 1. The third kappa shape index (κ3) is 3.35. The Morgan fingerprint density at radius 3 is 2.39 bits per heavy atom. The molecule has 13 heteroatoms. The Balaban J connectivity index is 1.73. The number of likely N-dealkylation sites (tertiary alicyclic amines) is 1. The van der Waals surface area contributed by atoms with Crippen LogP contribution >= 0.6 is 0 Å². The van der Waals surface area contributed by atoms with Gasteiger partial charge in [0.15, 0.2) is 5.76 Å². The van der Waals surface area contributed by atoms with Crippen molar-refractivity contribution in [1.29, 1.82) is 0 Å². The summed E-state index contributed by atoms with van der Waals surface area (Å²) < 4.78 is 56.9. The van der Waals surface area contributed by atoms with Gasteiger partial charge in [0.2, 0.25) is 15.0 Å². The first-order valence-electron chi connectivity index (χ1n) is 8.77. The number of carbonyl (C=O) groups excluding carboxylic acids is 1. The Morgan fingerprint density at radius 2 is 1.77 bits per heavy atom. The SMILES string of the molecule is CN1CC(F)(F)[C@@](O)(c2cc(-c3cccc(-c4ccnc(S(C)(=O)=O)n4)n3)no2)C1=O. The highest BCUT2D eigenvalue weighted by molar-refractivity contribution is 7.90. The van der Waals surface area contributed by atoms with Crippen LogP contribution in [0.5, 0.6) is 0 Å². The van der Waals surface area contributed by atoms with E-state index in [1.54, 1.807) is 12.1 Å². The first-order valence-corrected chi connectivity index (χ1v) is 10.7. The minimum absolute atomic E-state index is 0.0131. The molecule has 0 spiro atoms. The number of likely N-dealkylation sites (N-methyl/N-ethyl adjacent to an activating group) is 1. The average molecular weight is 451 g/mol. The first kappa shape index (κ1) is 20.9. The Hall–Kier alpha value is -3.32. The quantitative estimate of drug-likeness (QED) is 0.573. The zero-order valence-electron chi connectivity index (χ0n) is 16.2. The van der Waals surface area contributed by atoms with Gasteiger partial charge < -0.3 is 14.5 Å². The van der Waals surface area contributed by atoms with E-state index < -0.39 is 39.6 Å². The highest BCUT2D eigenvalue weighted by Gasteiger charge is 2.68. The van der Waals surface area contributed by atoms with Crippen molar-refractivity contribution in [2.45, 2.75) is 16.7 Å². The van der Waals surface area contributed by atoms with E-state index in [9.17, 15) is 27.1 Å². The van der Waals surface area contributed by atoms with Crippen LogP contribution in [0.4, 0.5) is 8.78 Å². The molecule has 1 atom stereocenters. The molecule has 0 saturated carbocycles. The number of carbonyl (C=O) groups is 1. The molecule has 1 fully saturated rings. The van der Waals surface area contributed by atoms with Crippen LogP contribution in [-0.4, -0.2) is 70.2 Å². The lowest BCUT2D eigenvalue weighted by Gasteiger charge is -2.22. The van der Waals surface area contributed by atoms with Crippen LogP contribution < -0.4 is 0 Å². The molecule has 10 nitrogen and oxygen atoms in total. The highest BCUT2D eigenvalue weighted by atomic mass is 32.2. The van der Waals surface area contributed by atoms with E-state index in [2.05, 4.69) is 20.1 Å². The maximum atomic E-state index is 14.3. The zero-order chi connectivity index (χ0) is 22.6. The number of halogens is 2. The molecule has 3 aromatic heterocycles. The number of sulfone groups is 1. The van der Waals surface area contributed by atoms with E-state index in [0.29, 0.717) is 4.90 Å². The summed E-state index contributed by atoms with van der Waals surface area (Å²) in [6.45, 7) is -0.970. The van der Waals surface area contributed by atoms with E-state index in [4.69, 9.17) is 4.52 Å². The van der Waals surface area contributed by atoms with Gasteiger partial charge in [0.25, 0.3) is 11.5 Å². The predicted molar refractivity (Wildman–Crippen MR) is 100 cm³/mol. The van der Waals surface area contributed by atoms with Crippen LogP contribution in [0, 0.1) is 0 Å². The molecule has 0 aliphatic carbocycles. The molecular weight excluding hydrogens is 436 g/mol. The van der Waals surface area contributed by atoms with Gasteiger partial charge in [-0.1, -0.05) is 11.2 Å². The summed E-state index contributed by atoms with van der Waals surface area (Å²) in [7, 11) is -2.50. The number of hydrogen-bond donors (Lipinski definition) is 1. The number of rotatable bonds is 4. The second-order valence-electron chi connectivity index (χ2n) is 7.06. The van der Waals surface area contributed by atoms with Crippen molar-refractivity contribution in [3.8, 4) is 22.8 Å². The number of alkyl halides is 2. The second kappa shape index (κ2) is 6.85. The predicted octanol–water partition coefficient (Wildman–Crippen LogP) is 0.892. The van der Waals surface area contributed by atoms with Crippen LogP contribution in [0.2, 0.25) is 0 Å². The first-order chi connectivity index (χ1) is 14.4. The topological polar surface area (TPSA) is 139 Å². The molecule has 31 heavy (non-hydrogen) atoms. The van der Waals surface area contributed by atoms with Gasteiger partial charge in [-0.2, -0.15) is 0 Å². The van der Waals surface area contributed by atoms with Crippen molar-refractivity contribution in [2.75, 3.05) is 19.8 Å². The van der Waals surface area contributed by atoms with E-state index in [0.717, 1.165) is 19.4 Å². The normalized spacial score (nSPS) is 20.9. The summed E-state index contributed by atoms with van der Waals surface area (Å²) in [5.41, 5.74) is -2.56. The summed E-state index contributed by atoms with van der Waals surface area (Å²) in [6.07, 6.45) is 2.23. The van der Waals surface area contributed by atoms with Crippen molar-refractivity contribution in [3.63, 3.8) is 0 Å². The van der Waals surface area contributed by atoms with Crippen LogP contribution in [0.3, 0.4) is 0 Å². The van der Waals surface area contributed by atoms with Gasteiger partial charge in [-0.3, -0.25) is 4.79 Å². The minimum Gasteiger partial charge on any atom is -0.368 e. The standard InChI is InChI=1S/C18H15F2N5O5S/c1-25-9-17(19,20)18(27,15(25)26)14-8-13(24-30-14)11-5-3-4-10(22-11)12-6-7-21-16(23-12)31(2,28)29/h3-8,27H,9H2,1-2H3/t18-/m1/s1. The Kier molecular flexibility index (Phi) is 4.63. The monoisotopic (exact) mass is 451 g/mol. The maximum Gasteiger partial charge on any atom is 0.309 e. The van der Waals surface area contributed by atoms with Crippen molar-refractivity contribution >= 4 is 15.7 Å². The lowest BCUT2D eigenvalue weighted by atomic mass is 9.95. The second-order valence-corrected chi connectivity index (χ2v) is 8.97. The molecule has 162 valence electrons. The van der Waals surface area contributed by atoms with Crippen LogP contribution in [-0.2, 0) is 20.2 Å². The molecule has 0 bridgehead atoms. The molecular formula is C18H15F2N5O5S. The van der Waals surface area contributed by atoms with Gasteiger partial charge in [0, 0.05) is 25.6 Å². The summed E-state index contributed by atoms with van der Waals surface area (Å²) in [6, 6.07) is 7.07. The van der Waals surface area contributed by atoms with Crippen LogP contribution in [0.25, 0.3) is 22.8 Å². The van der Waals surface area contributed by atoms with Crippen LogP contribution in [0.1, 0.15) is 5.76 Å². The fraction of sp³-hybridized carbons (Fsp3) is 0.278. The largest absolute Gasteiger partial charge is 0.368 e. The number of amides is 1. The molecule has 1 N–H and O–H groups in total. The van der Waals surface area contributed by atoms with E-state index >= 15 is 0 Å². The number of nitrogens with zero attached hydrogens (tertiary/aromatic N) is 5. The zero-order valence-corrected chi connectivity index (χ0v) is 17.0. The molecule has 0 unspecified atom stereocenters. The fourth-order valence-corrected chi connectivity index (χ4v) is 3.67. The average Bonchev–Trinajstić information content (AvgIpc) is 3.27. The van der Waals surface area contributed by atoms with E-state index in [1.807, 2.05) is 0 Å². The molecule has 1 amide bonds. The molecule has 4 heterocycles. The van der Waals surface area contributed by atoms with Crippen LogP contribution in [0.15, 0.2) is 46.2 Å².